The predicted molar refractivity (Wildman–Crippen MR) is 181 cm³/mol. The first-order chi connectivity index (χ1) is 22.2. The molecule has 0 unspecified atom stereocenters. The number of fused-ring (bicyclic) bond motifs is 1. The Bertz CT molecular complexity index is 978. The maximum atomic E-state index is 13.8. The lowest BCUT2D eigenvalue weighted by atomic mass is 10.3. The van der Waals surface area contributed by atoms with Crippen molar-refractivity contribution >= 4 is 80.3 Å². The number of thioether (sulfide) groups is 4. The van der Waals surface area contributed by atoms with Crippen LogP contribution in [0.1, 0.15) is 0 Å². The van der Waals surface area contributed by atoms with Gasteiger partial charge < -0.3 is 18.9 Å². The van der Waals surface area contributed by atoms with Crippen LogP contribution < -0.4 is 0 Å². The molecule has 254 valence electrons. The van der Waals surface area contributed by atoms with Gasteiger partial charge in [0.1, 0.15) is 38.8 Å². The highest BCUT2D eigenvalue weighted by atomic mass is 32.2. The minimum absolute atomic E-state index is 0.0448. The lowest BCUT2D eigenvalue weighted by Gasteiger charge is -2.29. The zero-order valence-electron chi connectivity index (χ0n) is 25.3. The highest BCUT2D eigenvalue weighted by Gasteiger charge is 2.58. The van der Waals surface area contributed by atoms with Gasteiger partial charge in [-0.15, -0.1) is 0 Å². The molecule has 0 bridgehead atoms. The summed E-state index contributed by atoms with van der Waals surface area (Å²) in [5.74, 6) is 0.711. The van der Waals surface area contributed by atoms with Gasteiger partial charge in [-0.3, -0.25) is 19.6 Å². The molecule has 0 aliphatic carbocycles. The summed E-state index contributed by atoms with van der Waals surface area (Å²) in [5, 5.41) is -2.15. The largest absolute Gasteiger partial charge is 0.453 e. The van der Waals surface area contributed by atoms with E-state index >= 15 is 0 Å². The monoisotopic (exact) mass is 718 g/mol. The van der Waals surface area contributed by atoms with Gasteiger partial charge in [-0.05, 0) is 47.0 Å². The Balaban J connectivity index is 2.29. The van der Waals surface area contributed by atoms with E-state index in [1.165, 1.54) is 43.9 Å². The summed E-state index contributed by atoms with van der Waals surface area (Å²) in [6, 6.07) is -0.817. The smallest absolute Gasteiger partial charge is 0.367 e. The van der Waals surface area contributed by atoms with Crippen molar-refractivity contribution in [3.63, 3.8) is 0 Å². The molecule has 2 rings (SSSR count). The molecule has 0 saturated carbocycles. The topological polar surface area (TPSA) is 152 Å². The van der Waals surface area contributed by atoms with Crippen LogP contribution in [-0.2, 0) is 18.9 Å². The summed E-state index contributed by atoms with van der Waals surface area (Å²) in [6.07, 6.45) is 4.19. The molecule has 2 aliphatic rings. The number of carbonyl (C=O) groups excluding carboxylic acids is 6. The van der Waals surface area contributed by atoms with E-state index in [0.717, 1.165) is 47.0 Å². The van der Waals surface area contributed by atoms with E-state index in [4.69, 9.17) is 18.9 Å². The summed E-state index contributed by atoms with van der Waals surface area (Å²) >= 11 is 3.52. The van der Waals surface area contributed by atoms with Crippen molar-refractivity contribution in [2.45, 2.75) is 12.3 Å². The Kier molecular flexibility index (Phi) is 18.3. The Morgan fingerprint density at radius 2 is 0.717 bits per heavy atom. The number of rotatable bonds is 20. The number of ether oxygens (including phenoxy) is 4. The summed E-state index contributed by atoms with van der Waals surface area (Å²) in [4.78, 5) is 81.9. The molecule has 18 heteroatoms. The van der Waals surface area contributed by atoms with E-state index in [0.29, 0.717) is 0 Å². The minimum atomic E-state index is -0.787. The van der Waals surface area contributed by atoms with E-state index in [1.54, 1.807) is 0 Å². The van der Waals surface area contributed by atoms with Gasteiger partial charge in [-0.2, -0.15) is 0 Å². The molecule has 0 aromatic rings. The van der Waals surface area contributed by atoms with Crippen molar-refractivity contribution in [1.82, 2.24) is 19.6 Å². The number of hydrogen-bond acceptors (Lipinski definition) is 14. The molecule has 2 aliphatic heterocycles. The highest BCUT2D eigenvalue weighted by Crippen LogP contribution is 2.36. The molecule has 2 fully saturated rings. The van der Waals surface area contributed by atoms with E-state index in [2.05, 4.69) is 26.3 Å². The van der Waals surface area contributed by atoms with Crippen LogP contribution in [0.4, 0.5) is 28.8 Å². The summed E-state index contributed by atoms with van der Waals surface area (Å²) in [5.41, 5.74) is 0. The maximum absolute atomic E-state index is 13.8. The van der Waals surface area contributed by atoms with Crippen molar-refractivity contribution in [2.24, 2.45) is 0 Å². The zero-order chi connectivity index (χ0) is 33.9. The molecule has 2 saturated heterocycles. The van der Waals surface area contributed by atoms with Gasteiger partial charge >= 0.3 is 33.3 Å². The van der Waals surface area contributed by atoms with Crippen LogP contribution in [0.3, 0.4) is 0 Å². The lowest BCUT2D eigenvalue weighted by Crippen LogP contribution is -2.48. The molecule has 0 radical (unpaired) electrons. The van der Waals surface area contributed by atoms with E-state index < -0.39 is 45.6 Å². The summed E-state index contributed by atoms with van der Waals surface area (Å²) in [7, 11) is 0. The van der Waals surface area contributed by atoms with Crippen LogP contribution in [0.15, 0.2) is 50.6 Å². The number of amides is 4. The third-order valence-corrected chi connectivity index (χ3v) is 8.97. The van der Waals surface area contributed by atoms with Gasteiger partial charge in [-0.25, -0.2) is 28.8 Å². The van der Waals surface area contributed by atoms with Crippen molar-refractivity contribution in [3.8, 4) is 0 Å². The first-order valence-corrected chi connectivity index (χ1v) is 17.9. The van der Waals surface area contributed by atoms with E-state index in [1.807, 2.05) is 0 Å². The third kappa shape index (κ3) is 12.2. The Morgan fingerprint density at radius 1 is 0.500 bits per heavy atom. The van der Waals surface area contributed by atoms with Crippen LogP contribution in [0.5, 0.6) is 0 Å². The van der Waals surface area contributed by atoms with Crippen LogP contribution in [-0.4, -0.2) is 141 Å². The molecule has 14 nitrogen and oxygen atoms in total. The average molecular weight is 719 g/mol. The molecule has 2 heterocycles. The summed E-state index contributed by atoms with van der Waals surface area (Å²) < 4.78 is 20.0. The number of urea groups is 2. The number of nitrogens with zero attached hydrogens (tertiary/aromatic N) is 4. The van der Waals surface area contributed by atoms with Crippen molar-refractivity contribution in [1.29, 1.82) is 0 Å². The van der Waals surface area contributed by atoms with Gasteiger partial charge in [-0.1, -0.05) is 50.6 Å². The maximum Gasteiger partial charge on any atom is 0.367 e. The first-order valence-electron chi connectivity index (χ1n) is 14.0. The average Bonchev–Trinajstić information content (AvgIpc) is 3.45. The molecular weight excluding hydrogens is 681 g/mol. The Morgan fingerprint density at radius 3 is 0.913 bits per heavy atom. The second kappa shape index (κ2) is 21.6. The molecule has 0 atom stereocenters. The SMILES string of the molecule is C=CCOC(=O)SCCN1C(=O)N(CCSC(=O)OCC=C)C2C1N(CCSC(=O)OCC=C)C(=O)N2CCSC(=O)OCC=C. The molecule has 46 heavy (non-hydrogen) atoms. The molecular formula is C28H38N4O10S4. The van der Waals surface area contributed by atoms with Crippen LogP contribution >= 0.6 is 47.0 Å². The minimum Gasteiger partial charge on any atom is -0.453 e. The Hall–Kier alpha value is -3.22. The fourth-order valence-electron chi connectivity index (χ4n) is 4.26. The van der Waals surface area contributed by atoms with Gasteiger partial charge in [0.05, 0.1) is 0 Å². The summed E-state index contributed by atoms with van der Waals surface area (Å²) in [6.45, 7) is 14.6. The van der Waals surface area contributed by atoms with Crippen LogP contribution in [0, 0.1) is 0 Å². The molecule has 0 N–H and O–H groups in total. The second-order valence-corrected chi connectivity index (χ2v) is 13.1. The third-order valence-electron chi connectivity index (χ3n) is 6.01. The van der Waals surface area contributed by atoms with Gasteiger partial charge in [0.25, 0.3) is 0 Å². The quantitative estimate of drug-likeness (QED) is 0.0905. The molecule has 0 aromatic carbocycles. The second-order valence-electron chi connectivity index (χ2n) is 8.96. The van der Waals surface area contributed by atoms with E-state index in [9.17, 15) is 28.8 Å². The Labute approximate surface area is 285 Å². The molecule has 0 spiro atoms. The van der Waals surface area contributed by atoms with Gasteiger partial charge in [0.2, 0.25) is 0 Å². The lowest BCUT2D eigenvalue weighted by molar-refractivity contribution is 0.136. The fourth-order valence-corrected chi connectivity index (χ4v) is 6.68. The van der Waals surface area contributed by atoms with Crippen LogP contribution in [0.25, 0.3) is 0 Å². The normalized spacial score (nSPS) is 17.0. The first kappa shape index (κ1) is 39.0. The predicted octanol–water partition coefficient (Wildman–Crippen LogP) is 5.34. The van der Waals surface area contributed by atoms with Gasteiger partial charge in [0, 0.05) is 49.2 Å². The van der Waals surface area contributed by atoms with Crippen molar-refractivity contribution in [2.75, 3.05) is 75.6 Å². The zero-order valence-corrected chi connectivity index (χ0v) is 28.5. The number of carbonyl (C=O) groups is 6. The van der Waals surface area contributed by atoms with Crippen molar-refractivity contribution in [3.05, 3.63) is 50.6 Å². The molecule has 0 aromatic heterocycles. The molecule has 4 amide bonds. The van der Waals surface area contributed by atoms with E-state index in [-0.39, 0.29) is 75.6 Å². The van der Waals surface area contributed by atoms with Crippen molar-refractivity contribution < 1.29 is 47.7 Å². The number of hydrogen-bond donors (Lipinski definition) is 0. The van der Waals surface area contributed by atoms with Crippen LogP contribution in [0.2, 0.25) is 0 Å². The fraction of sp³-hybridized carbons (Fsp3) is 0.500. The van der Waals surface area contributed by atoms with Gasteiger partial charge in [0.15, 0.2) is 0 Å². The highest BCUT2D eigenvalue weighted by molar-refractivity contribution is 8.14. The standard InChI is InChI=1S/C28H38N4O10S4/c1-5-13-39-25(35)43-17-9-29-21-22(31(23(29)33)11-19-45-27(37)41-15-7-3)32(12-20-46-28(38)42-16-8-4)24(34)30(21)10-18-44-26(36)40-14-6-2/h5-8,21-22H,1-4,9-20H2.